The molecule has 1 aromatic heterocycles. The smallest absolute Gasteiger partial charge is 0.408 e. The Bertz CT molecular complexity index is 1250. The number of rotatable bonds is 5. The second-order valence-corrected chi connectivity index (χ2v) is 10.3. The molecule has 0 saturated carbocycles. The van der Waals surface area contributed by atoms with Gasteiger partial charge in [-0.25, -0.2) is 9.97 Å². The van der Waals surface area contributed by atoms with E-state index in [0.717, 1.165) is 23.7 Å². The van der Waals surface area contributed by atoms with Crippen molar-refractivity contribution in [3.63, 3.8) is 0 Å². The van der Waals surface area contributed by atoms with Crippen molar-refractivity contribution >= 4 is 34.9 Å². The average molecular weight is 548 g/mol. The molecule has 2 N–H and O–H groups in total. The van der Waals surface area contributed by atoms with Crippen molar-refractivity contribution in [2.45, 2.75) is 50.9 Å². The van der Waals surface area contributed by atoms with Crippen LogP contribution in [0.1, 0.15) is 38.1 Å². The number of ether oxygens (including phenoxy) is 2. The highest BCUT2D eigenvalue weighted by molar-refractivity contribution is 6.12. The normalized spacial score (nSPS) is 20.8. The van der Waals surface area contributed by atoms with Gasteiger partial charge in [-0.1, -0.05) is 0 Å². The molecule has 2 aromatic rings. The van der Waals surface area contributed by atoms with Crippen LogP contribution < -0.4 is 15.1 Å². The molecular weight excluding hydrogens is 515 g/mol. The second-order valence-electron chi connectivity index (χ2n) is 10.3. The summed E-state index contributed by atoms with van der Waals surface area (Å²) in [6.07, 6.45) is -4.20. The number of fused-ring (bicyclic) bond motifs is 1. The van der Waals surface area contributed by atoms with Gasteiger partial charge in [0.05, 0.1) is 29.9 Å². The summed E-state index contributed by atoms with van der Waals surface area (Å²) in [6, 6.07) is 5.33. The zero-order valence-corrected chi connectivity index (χ0v) is 22.1. The Morgan fingerprint density at radius 3 is 2.46 bits per heavy atom. The van der Waals surface area contributed by atoms with E-state index in [-0.39, 0.29) is 31.3 Å². The number of morpholine rings is 1. The molecule has 5 rings (SSSR count). The number of amidine groups is 1. The number of alkyl halides is 3. The summed E-state index contributed by atoms with van der Waals surface area (Å²) in [4.78, 5) is 27.4. The first-order valence-corrected chi connectivity index (χ1v) is 12.9. The Balaban J connectivity index is 1.42. The molecule has 10 nitrogen and oxygen atoms in total. The van der Waals surface area contributed by atoms with Crippen LogP contribution in [0.25, 0.3) is 0 Å². The van der Waals surface area contributed by atoms with E-state index in [1.165, 1.54) is 4.90 Å². The van der Waals surface area contributed by atoms with Gasteiger partial charge in [0.25, 0.3) is 6.02 Å². The second kappa shape index (κ2) is 10.2. The van der Waals surface area contributed by atoms with Gasteiger partial charge >= 0.3 is 6.18 Å². The highest BCUT2D eigenvalue weighted by Gasteiger charge is 2.49. The molecular formula is C26H32F3N7O3. The summed E-state index contributed by atoms with van der Waals surface area (Å²) in [6.45, 7) is 6.27. The molecule has 0 aliphatic carbocycles. The minimum Gasteiger partial charge on any atom is -0.457 e. The topological polar surface area (TPSA) is 107 Å². The molecule has 1 unspecified atom stereocenters. The van der Waals surface area contributed by atoms with E-state index in [4.69, 9.17) is 14.9 Å². The number of amides is 1. The van der Waals surface area contributed by atoms with Crippen molar-refractivity contribution in [2.24, 2.45) is 0 Å². The van der Waals surface area contributed by atoms with E-state index in [1.54, 1.807) is 20.9 Å². The highest BCUT2D eigenvalue weighted by atomic mass is 19.4. The Morgan fingerprint density at radius 2 is 1.82 bits per heavy atom. The molecule has 0 spiro atoms. The first kappa shape index (κ1) is 27.0. The van der Waals surface area contributed by atoms with Gasteiger partial charge in [-0.15, -0.1) is 0 Å². The summed E-state index contributed by atoms with van der Waals surface area (Å²) in [7, 11) is 1.67. The molecule has 2 fully saturated rings. The number of likely N-dealkylation sites (tertiary alicyclic amines) is 1. The Morgan fingerprint density at radius 1 is 1.15 bits per heavy atom. The summed E-state index contributed by atoms with van der Waals surface area (Å²) < 4.78 is 50.9. The van der Waals surface area contributed by atoms with Crippen molar-refractivity contribution in [1.82, 2.24) is 14.9 Å². The number of halogens is 3. The Kier molecular flexibility index (Phi) is 7.04. The van der Waals surface area contributed by atoms with Crippen LogP contribution in [0, 0.1) is 5.41 Å². The number of carbonyl (C=O) groups is 1. The third-order valence-corrected chi connectivity index (χ3v) is 7.46. The fourth-order valence-electron chi connectivity index (χ4n) is 5.40. The van der Waals surface area contributed by atoms with Crippen molar-refractivity contribution in [3.05, 3.63) is 35.7 Å². The largest absolute Gasteiger partial charge is 0.457 e. The first-order valence-electron chi connectivity index (χ1n) is 12.9. The molecule has 3 aliphatic rings. The van der Waals surface area contributed by atoms with Gasteiger partial charge in [0, 0.05) is 32.4 Å². The van der Waals surface area contributed by atoms with Crippen LogP contribution in [0.2, 0.25) is 0 Å². The van der Waals surface area contributed by atoms with Crippen molar-refractivity contribution in [2.75, 3.05) is 55.0 Å². The fourth-order valence-corrected chi connectivity index (χ4v) is 5.40. The number of hydrogen-bond donors (Lipinski definition) is 2. The standard InChI is InChI=1S/C26H32F3N7O3/c1-25(2)20-21(31-3)32-19(15-39-24(30)35-10-4-5-18(35)26(27,28)29)33-22(20)36(23(25)37)17-8-6-16(7-9-17)34-11-13-38-14-12-34/h6-9,18,30H,4-5,10-15H2,1-3H3,(H,31,32,33). The molecule has 4 heterocycles. The third kappa shape index (κ3) is 4.95. The van der Waals surface area contributed by atoms with Gasteiger partial charge in [0.15, 0.2) is 12.4 Å². The predicted octanol–water partition coefficient (Wildman–Crippen LogP) is 3.79. The van der Waals surface area contributed by atoms with Crippen LogP contribution in [0.15, 0.2) is 24.3 Å². The SMILES string of the molecule is CNc1nc(COC(=N)N2CCCC2C(F)(F)F)nc2c1C(C)(C)C(=O)N2c1ccc(N2CCOCC2)cc1. The highest BCUT2D eigenvalue weighted by Crippen LogP contribution is 2.47. The average Bonchev–Trinajstić information content (AvgIpc) is 3.50. The Labute approximate surface area is 224 Å². The van der Waals surface area contributed by atoms with Crippen LogP contribution in [-0.2, 0) is 26.3 Å². The lowest BCUT2D eigenvalue weighted by molar-refractivity contribution is -0.169. The molecule has 0 radical (unpaired) electrons. The maximum atomic E-state index is 13.6. The van der Waals surface area contributed by atoms with Crippen LogP contribution in [0.3, 0.4) is 0 Å². The van der Waals surface area contributed by atoms with Crippen LogP contribution in [-0.4, -0.2) is 78.9 Å². The van der Waals surface area contributed by atoms with Crippen LogP contribution in [0.4, 0.5) is 36.2 Å². The first-order chi connectivity index (χ1) is 18.5. The van der Waals surface area contributed by atoms with Gasteiger partial charge < -0.3 is 24.6 Å². The number of nitrogens with zero attached hydrogens (tertiary/aromatic N) is 5. The number of aromatic nitrogens is 2. The zero-order valence-electron chi connectivity index (χ0n) is 22.1. The lowest BCUT2D eigenvalue weighted by Gasteiger charge is -2.29. The van der Waals surface area contributed by atoms with E-state index in [0.29, 0.717) is 42.5 Å². The van der Waals surface area contributed by atoms with Gasteiger partial charge in [-0.3, -0.25) is 15.1 Å². The third-order valence-electron chi connectivity index (χ3n) is 7.46. The number of carbonyl (C=O) groups excluding carboxylic acids is 1. The number of benzene rings is 1. The summed E-state index contributed by atoms with van der Waals surface area (Å²) in [5.74, 6) is 0.762. The zero-order chi connectivity index (χ0) is 27.9. The molecule has 1 atom stereocenters. The predicted molar refractivity (Wildman–Crippen MR) is 140 cm³/mol. The van der Waals surface area contributed by atoms with Gasteiger partial charge in [0.1, 0.15) is 17.7 Å². The van der Waals surface area contributed by atoms with E-state index in [1.807, 2.05) is 24.3 Å². The van der Waals surface area contributed by atoms with Crippen molar-refractivity contribution < 1.29 is 27.4 Å². The van der Waals surface area contributed by atoms with Crippen LogP contribution in [0.5, 0.6) is 0 Å². The van der Waals surface area contributed by atoms with Crippen molar-refractivity contribution in [1.29, 1.82) is 5.41 Å². The summed E-state index contributed by atoms with van der Waals surface area (Å²) in [5, 5.41) is 11.1. The number of anilines is 4. The number of hydrogen-bond acceptors (Lipinski definition) is 8. The van der Waals surface area contributed by atoms with E-state index >= 15 is 0 Å². The molecule has 1 aromatic carbocycles. The summed E-state index contributed by atoms with van der Waals surface area (Å²) >= 11 is 0. The van der Waals surface area contributed by atoms with E-state index < -0.39 is 23.7 Å². The summed E-state index contributed by atoms with van der Waals surface area (Å²) in [5.41, 5.74) is 1.34. The fraction of sp³-hybridized carbons (Fsp3) is 0.538. The molecule has 39 heavy (non-hydrogen) atoms. The maximum Gasteiger partial charge on any atom is 0.408 e. The van der Waals surface area contributed by atoms with Gasteiger partial charge in [0.2, 0.25) is 5.91 Å². The van der Waals surface area contributed by atoms with Crippen molar-refractivity contribution in [3.8, 4) is 0 Å². The van der Waals surface area contributed by atoms with E-state index in [9.17, 15) is 18.0 Å². The lowest BCUT2D eigenvalue weighted by atomic mass is 9.87. The molecule has 0 bridgehead atoms. The van der Waals surface area contributed by atoms with Crippen LogP contribution >= 0.6 is 0 Å². The van der Waals surface area contributed by atoms with Gasteiger partial charge in [-0.05, 0) is 51.0 Å². The Hall–Kier alpha value is -3.61. The quantitative estimate of drug-likeness (QED) is 0.430. The van der Waals surface area contributed by atoms with E-state index in [2.05, 4.69) is 20.2 Å². The van der Waals surface area contributed by atoms with Gasteiger partial charge in [-0.2, -0.15) is 13.2 Å². The molecule has 210 valence electrons. The lowest BCUT2D eigenvalue weighted by Crippen LogP contribution is -2.45. The minimum atomic E-state index is -4.45. The molecule has 1 amide bonds. The maximum absolute atomic E-state index is 13.6. The molecule has 3 aliphatic heterocycles. The number of nitrogens with one attached hydrogen (secondary N) is 2. The molecule has 13 heteroatoms. The monoisotopic (exact) mass is 547 g/mol. The minimum absolute atomic E-state index is 0.0784. The molecule has 2 saturated heterocycles.